The zero-order valence-corrected chi connectivity index (χ0v) is 10.8. The number of aliphatic hydroxyl groups excluding tert-OH is 1. The van der Waals surface area contributed by atoms with Crippen molar-refractivity contribution in [2.75, 3.05) is 11.1 Å². The fraction of sp³-hybridized carbons (Fsp3) is 0.667. The van der Waals surface area contributed by atoms with Crippen LogP contribution in [0, 0.1) is 19.3 Å². The maximum atomic E-state index is 9.71. The number of nitrogens with two attached hydrogens (primary N) is 1. The molecule has 1 fully saturated rings. The summed E-state index contributed by atoms with van der Waals surface area (Å²) in [6, 6.07) is 0.227. The van der Waals surface area contributed by atoms with Crippen molar-refractivity contribution in [3.05, 3.63) is 11.4 Å². The van der Waals surface area contributed by atoms with Gasteiger partial charge in [0.1, 0.15) is 17.5 Å². The second-order valence-corrected chi connectivity index (χ2v) is 5.40. The Labute approximate surface area is 101 Å². The highest BCUT2D eigenvalue weighted by Gasteiger charge is 2.47. The normalized spacial score (nSPS) is 26.4. The van der Waals surface area contributed by atoms with Crippen molar-refractivity contribution in [2.45, 2.75) is 46.3 Å². The van der Waals surface area contributed by atoms with Crippen LogP contribution in [0.4, 0.5) is 11.6 Å². The highest BCUT2D eigenvalue weighted by Crippen LogP contribution is 2.42. The number of anilines is 2. The van der Waals surface area contributed by atoms with Crippen LogP contribution in [0.15, 0.2) is 0 Å². The van der Waals surface area contributed by atoms with Gasteiger partial charge in [-0.15, -0.1) is 0 Å². The summed E-state index contributed by atoms with van der Waals surface area (Å²) in [6.45, 7) is 7.82. The first-order chi connectivity index (χ1) is 7.82. The topological polar surface area (TPSA) is 84.1 Å². The number of hydrogen-bond acceptors (Lipinski definition) is 5. The molecular weight excluding hydrogens is 216 g/mol. The van der Waals surface area contributed by atoms with E-state index in [0.717, 1.165) is 17.8 Å². The molecule has 0 aliphatic heterocycles. The second kappa shape index (κ2) is 3.84. The van der Waals surface area contributed by atoms with Gasteiger partial charge in [0.05, 0.1) is 6.10 Å². The van der Waals surface area contributed by atoms with Crippen LogP contribution in [0.25, 0.3) is 0 Å². The molecule has 1 saturated carbocycles. The standard InChI is InChI=1S/C12H20N4O/c1-6-10(13)14-7(2)15-11(6)16-8-5-9(17)12(8,3)4/h8-9,17H,5H2,1-4H3,(H3,13,14,15,16). The van der Waals surface area contributed by atoms with E-state index >= 15 is 0 Å². The van der Waals surface area contributed by atoms with Gasteiger partial charge in [-0.05, 0) is 20.3 Å². The van der Waals surface area contributed by atoms with Crippen molar-refractivity contribution in [3.8, 4) is 0 Å². The number of nitrogens with zero attached hydrogens (tertiary/aromatic N) is 2. The number of nitrogen functional groups attached to an aromatic ring is 1. The lowest BCUT2D eigenvalue weighted by atomic mass is 9.64. The van der Waals surface area contributed by atoms with Gasteiger partial charge < -0.3 is 16.2 Å². The molecule has 2 unspecified atom stereocenters. The van der Waals surface area contributed by atoms with Crippen molar-refractivity contribution in [1.82, 2.24) is 9.97 Å². The number of aromatic nitrogens is 2. The molecule has 0 amide bonds. The van der Waals surface area contributed by atoms with E-state index in [1.165, 1.54) is 0 Å². The summed E-state index contributed by atoms with van der Waals surface area (Å²) in [6.07, 6.45) is 0.496. The summed E-state index contributed by atoms with van der Waals surface area (Å²) in [5, 5.41) is 13.1. The third-order valence-electron chi connectivity index (χ3n) is 3.82. The van der Waals surface area contributed by atoms with E-state index in [4.69, 9.17) is 5.73 Å². The van der Waals surface area contributed by atoms with E-state index in [1.54, 1.807) is 0 Å². The highest BCUT2D eigenvalue weighted by molar-refractivity contribution is 5.55. The molecule has 1 aliphatic carbocycles. The van der Waals surface area contributed by atoms with Gasteiger partial charge in [-0.2, -0.15) is 0 Å². The summed E-state index contributed by atoms with van der Waals surface area (Å²) >= 11 is 0. The van der Waals surface area contributed by atoms with Crippen LogP contribution in [0.1, 0.15) is 31.7 Å². The molecule has 0 aromatic carbocycles. The highest BCUT2D eigenvalue weighted by atomic mass is 16.3. The van der Waals surface area contributed by atoms with Crippen LogP contribution in [0.2, 0.25) is 0 Å². The van der Waals surface area contributed by atoms with Crippen LogP contribution in [0.3, 0.4) is 0 Å². The van der Waals surface area contributed by atoms with Gasteiger partial charge in [0.25, 0.3) is 0 Å². The fourth-order valence-electron chi connectivity index (χ4n) is 2.10. The Balaban J connectivity index is 2.20. The molecule has 2 atom stereocenters. The molecule has 1 heterocycles. The van der Waals surface area contributed by atoms with Gasteiger partial charge in [-0.1, -0.05) is 13.8 Å². The zero-order chi connectivity index (χ0) is 12.8. The van der Waals surface area contributed by atoms with E-state index in [-0.39, 0.29) is 17.6 Å². The average Bonchev–Trinajstić information content (AvgIpc) is 2.24. The van der Waals surface area contributed by atoms with E-state index in [0.29, 0.717) is 11.6 Å². The molecule has 5 heteroatoms. The molecule has 17 heavy (non-hydrogen) atoms. The Morgan fingerprint density at radius 2 is 2.00 bits per heavy atom. The molecule has 0 bridgehead atoms. The summed E-state index contributed by atoms with van der Waals surface area (Å²) < 4.78 is 0. The predicted molar refractivity (Wildman–Crippen MR) is 67.7 cm³/mol. The molecule has 1 aromatic heterocycles. The molecule has 4 N–H and O–H groups in total. The molecule has 0 radical (unpaired) electrons. The Kier molecular flexibility index (Phi) is 2.73. The molecule has 0 saturated heterocycles. The number of aliphatic hydroxyl groups is 1. The van der Waals surface area contributed by atoms with Crippen molar-refractivity contribution in [1.29, 1.82) is 0 Å². The number of rotatable bonds is 2. The van der Waals surface area contributed by atoms with Gasteiger partial charge in [0.15, 0.2) is 0 Å². The summed E-state index contributed by atoms with van der Waals surface area (Å²) in [5.74, 6) is 1.95. The minimum atomic E-state index is -0.249. The van der Waals surface area contributed by atoms with Crippen molar-refractivity contribution >= 4 is 11.6 Å². The van der Waals surface area contributed by atoms with Crippen LogP contribution in [0.5, 0.6) is 0 Å². The lowest BCUT2D eigenvalue weighted by Gasteiger charge is -2.49. The SMILES string of the molecule is Cc1nc(N)c(C)c(NC2CC(O)C2(C)C)n1. The van der Waals surface area contributed by atoms with Gasteiger partial charge in [0.2, 0.25) is 0 Å². The van der Waals surface area contributed by atoms with Crippen LogP contribution >= 0.6 is 0 Å². The smallest absolute Gasteiger partial charge is 0.134 e. The molecule has 2 rings (SSSR count). The van der Waals surface area contributed by atoms with E-state index < -0.39 is 0 Å². The molecule has 5 nitrogen and oxygen atoms in total. The average molecular weight is 236 g/mol. The third kappa shape index (κ3) is 1.95. The van der Waals surface area contributed by atoms with Crippen molar-refractivity contribution in [2.24, 2.45) is 5.41 Å². The zero-order valence-electron chi connectivity index (χ0n) is 10.8. The molecular formula is C12H20N4O. The quantitative estimate of drug-likeness (QED) is 0.719. The van der Waals surface area contributed by atoms with Crippen molar-refractivity contribution < 1.29 is 5.11 Å². The predicted octanol–water partition coefficient (Wildman–Crippen LogP) is 1.25. The summed E-state index contributed by atoms with van der Waals surface area (Å²) in [5.41, 5.74) is 6.55. The Morgan fingerprint density at radius 3 is 2.53 bits per heavy atom. The van der Waals surface area contributed by atoms with Crippen LogP contribution in [-0.4, -0.2) is 27.2 Å². The number of aryl methyl sites for hydroxylation is 1. The maximum absolute atomic E-state index is 9.71. The van der Waals surface area contributed by atoms with Gasteiger partial charge in [0, 0.05) is 17.0 Å². The molecule has 1 aliphatic rings. The Hall–Kier alpha value is -1.36. The number of nitrogens with one attached hydrogen (secondary N) is 1. The lowest BCUT2D eigenvalue weighted by molar-refractivity contribution is -0.0511. The minimum absolute atomic E-state index is 0.125. The number of hydrogen-bond donors (Lipinski definition) is 3. The first-order valence-electron chi connectivity index (χ1n) is 5.87. The monoisotopic (exact) mass is 236 g/mol. The third-order valence-corrected chi connectivity index (χ3v) is 3.82. The Bertz CT molecular complexity index is 444. The van der Waals surface area contributed by atoms with E-state index in [2.05, 4.69) is 15.3 Å². The van der Waals surface area contributed by atoms with Gasteiger partial charge in [-0.25, -0.2) is 9.97 Å². The Morgan fingerprint density at radius 1 is 1.35 bits per heavy atom. The largest absolute Gasteiger partial charge is 0.392 e. The summed E-state index contributed by atoms with van der Waals surface area (Å²) in [7, 11) is 0. The molecule has 94 valence electrons. The van der Waals surface area contributed by atoms with Gasteiger partial charge in [-0.3, -0.25) is 0 Å². The summed E-state index contributed by atoms with van der Waals surface area (Å²) in [4.78, 5) is 8.48. The van der Waals surface area contributed by atoms with Crippen LogP contribution < -0.4 is 11.1 Å². The van der Waals surface area contributed by atoms with Gasteiger partial charge >= 0.3 is 0 Å². The van der Waals surface area contributed by atoms with Crippen molar-refractivity contribution in [3.63, 3.8) is 0 Å². The molecule has 0 spiro atoms. The second-order valence-electron chi connectivity index (χ2n) is 5.40. The first kappa shape index (κ1) is 12.1. The molecule has 1 aromatic rings. The first-order valence-corrected chi connectivity index (χ1v) is 5.87. The van der Waals surface area contributed by atoms with Crippen LogP contribution in [-0.2, 0) is 0 Å². The van der Waals surface area contributed by atoms with E-state index in [1.807, 2.05) is 27.7 Å². The lowest BCUT2D eigenvalue weighted by Crippen LogP contribution is -2.57. The van der Waals surface area contributed by atoms with E-state index in [9.17, 15) is 5.11 Å². The minimum Gasteiger partial charge on any atom is -0.392 e. The maximum Gasteiger partial charge on any atom is 0.134 e. The fourth-order valence-corrected chi connectivity index (χ4v) is 2.10.